The summed E-state index contributed by atoms with van der Waals surface area (Å²) in [6.07, 6.45) is 1.69. The molecule has 3 rings (SSSR count). The van der Waals surface area contributed by atoms with E-state index in [1.54, 1.807) is 12.3 Å². The van der Waals surface area contributed by atoms with E-state index < -0.39 is 0 Å². The van der Waals surface area contributed by atoms with E-state index in [0.29, 0.717) is 5.69 Å². The van der Waals surface area contributed by atoms with Gasteiger partial charge in [0, 0.05) is 19.1 Å². The molecule has 1 aliphatic rings. The summed E-state index contributed by atoms with van der Waals surface area (Å²) in [5.41, 5.74) is 3.43. The number of rotatable bonds is 5. The van der Waals surface area contributed by atoms with Crippen LogP contribution in [0.4, 0.5) is 17.1 Å². The molecule has 1 aromatic carbocycles. The Morgan fingerprint density at radius 3 is 2.60 bits per heavy atom. The zero-order valence-corrected chi connectivity index (χ0v) is 14.7. The van der Waals surface area contributed by atoms with Crippen LogP contribution < -0.4 is 15.5 Å². The topological polar surface area (TPSA) is 66.5 Å². The quantitative estimate of drug-likeness (QED) is 0.876. The van der Waals surface area contributed by atoms with Gasteiger partial charge in [-0.15, -0.1) is 0 Å². The number of anilines is 3. The second-order valence-electron chi connectivity index (χ2n) is 6.30. The molecule has 1 fully saturated rings. The van der Waals surface area contributed by atoms with Crippen molar-refractivity contribution in [2.24, 2.45) is 0 Å². The molecule has 25 heavy (non-hydrogen) atoms. The molecule has 0 aliphatic carbocycles. The Morgan fingerprint density at radius 1 is 1.16 bits per heavy atom. The minimum Gasteiger partial charge on any atom is -0.378 e. The van der Waals surface area contributed by atoms with Gasteiger partial charge in [0.05, 0.1) is 36.5 Å². The number of carbonyl (C=O) groups excluding carboxylic acids is 1. The van der Waals surface area contributed by atoms with E-state index in [4.69, 9.17) is 4.74 Å². The highest BCUT2D eigenvalue weighted by Gasteiger charge is 2.15. The highest BCUT2D eigenvalue weighted by molar-refractivity contribution is 5.92. The molecule has 0 unspecified atom stereocenters. The van der Waals surface area contributed by atoms with Gasteiger partial charge in [0.1, 0.15) is 5.69 Å². The Balaban J connectivity index is 1.73. The number of benzene rings is 1. The van der Waals surface area contributed by atoms with Crippen molar-refractivity contribution in [3.8, 4) is 0 Å². The zero-order chi connectivity index (χ0) is 17.6. The Morgan fingerprint density at radius 2 is 1.92 bits per heavy atom. The van der Waals surface area contributed by atoms with E-state index in [9.17, 15) is 4.79 Å². The van der Waals surface area contributed by atoms with Gasteiger partial charge in [-0.3, -0.25) is 4.79 Å². The first-order valence-corrected chi connectivity index (χ1v) is 8.59. The monoisotopic (exact) mass is 340 g/mol. The van der Waals surface area contributed by atoms with E-state index in [1.807, 2.05) is 38.1 Å². The average molecular weight is 340 g/mol. The molecular formula is C19H24N4O2. The molecule has 2 N–H and O–H groups in total. The van der Waals surface area contributed by atoms with Crippen LogP contribution in [0.15, 0.2) is 42.6 Å². The highest BCUT2D eigenvalue weighted by atomic mass is 16.5. The summed E-state index contributed by atoms with van der Waals surface area (Å²) in [5.74, 6) is -0.157. The smallest absolute Gasteiger partial charge is 0.270 e. The van der Waals surface area contributed by atoms with E-state index in [2.05, 4.69) is 26.6 Å². The molecule has 6 nitrogen and oxygen atoms in total. The lowest BCUT2D eigenvalue weighted by molar-refractivity contribution is 0.0938. The van der Waals surface area contributed by atoms with Crippen LogP contribution in [0.25, 0.3) is 0 Å². The minimum absolute atomic E-state index is 0.0903. The predicted molar refractivity (Wildman–Crippen MR) is 99.6 cm³/mol. The number of aromatic nitrogens is 1. The third-order valence-electron chi connectivity index (χ3n) is 3.95. The molecule has 0 radical (unpaired) electrons. The van der Waals surface area contributed by atoms with Crippen LogP contribution in [0.1, 0.15) is 24.3 Å². The molecule has 0 atom stereocenters. The van der Waals surface area contributed by atoms with E-state index in [-0.39, 0.29) is 11.9 Å². The Hall–Kier alpha value is -2.60. The van der Waals surface area contributed by atoms with Crippen molar-refractivity contribution in [2.75, 3.05) is 36.5 Å². The summed E-state index contributed by atoms with van der Waals surface area (Å²) in [6.45, 7) is 7.11. The average Bonchev–Trinajstić information content (AvgIpc) is 2.63. The summed E-state index contributed by atoms with van der Waals surface area (Å²) in [5, 5.41) is 6.24. The summed E-state index contributed by atoms with van der Waals surface area (Å²) >= 11 is 0. The summed E-state index contributed by atoms with van der Waals surface area (Å²) < 4.78 is 5.43. The second kappa shape index (κ2) is 7.98. The fourth-order valence-electron chi connectivity index (χ4n) is 2.75. The van der Waals surface area contributed by atoms with Crippen LogP contribution in [0.2, 0.25) is 0 Å². The van der Waals surface area contributed by atoms with Gasteiger partial charge >= 0.3 is 0 Å². The van der Waals surface area contributed by atoms with Crippen molar-refractivity contribution in [3.05, 3.63) is 48.3 Å². The number of amides is 1. The number of nitrogens with one attached hydrogen (secondary N) is 2. The minimum atomic E-state index is -0.157. The molecule has 1 aromatic heterocycles. The Bertz CT molecular complexity index is 710. The fourth-order valence-corrected chi connectivity index (χ4v) is 2.75. The van der Waals surface area contributed by atoms with Gasteiger partial charge in [-0.2, -0.15) is 0 Å². The number of carbonyl (C=O) groups is 1. The number of hydrogen-bond acceptors (Lipinski definition) is 5. The zero-order valence-electron chi connectivity index (χ0n) is 14.7. The van der Waals surface area contributed by atoms with Crippen LogP contribution in [-0.4, -0.2) is 43.2 Å². The first kappa shape index (κ1) is 17.2. The van der Waals surface area contributed by atoms with Crippen molar-refractivity contribution in [1.82, 2.24) is 10.3 Å². The standard InChI is InChI=1S/C19H24N4O2/c1-14(2)21-19(24)17-8-7-15(13-20-17)22-16-5-3-4-6-18(16)23-9-11-25-12-10-23/h3-8,13-14,22H,9-12H2,1-2H3,(H,21,24). The van der Waals surface area contributed by atoms with Crippen LogP contribution in [0, 0.1) is 0 Å². The third kappa shape index (κ3) is 4.48. The van der Waals surface area contributed by atoms with Gasteiger partial charge in [-0.25, -0.2) is 4.98 Å². The SMILES string of the molecule is CC(C)NC(=O)c1ccc(Nc2ccccc2N2CCOCC2)cn1. The first-order chi connectivity index (χ1) is 12.1. The Kier molecular flexibility index (Phi) is 5.50. The van der Waals surface area contributed by atoms with Gasteiger partial charge < -0.3 is 20.3 Å². The summed E-state index contributed by atoms with van der Waals surface area (Å²) in [7, 11) is 0. The first-order valence-electron chi connectivity index (χ1n) is 8.59. The molecule has 2 heterocycles. The van der Waals surface area contributed by atoms with Gasteiger partial charge in [0.25, 0.3) is 5.91 Å². The van der Waals surface area contributed by atoms with E-state index in [0.717, 1.165) is 43.4 Å². The summed E-state index contributed by atoms with van der Waals surface area (Å²) in [4.78, 5) is 18.5. The molecular weight excluding hydrogens is 316 g/mol. The second-order valence-corrected chi connectivity index (χ2v) is 6.30. The number of hydrogen-bond donors (Lipinski definition) is 2. The molecule has 132 valence electrons. The van der Waals surface area contributed by atoms with Gasteiger partial charge in [-0.05, 0) is 38.1 Å². The normalized spacial score (nSPS) is 14.4. The summed E-state index contributed by atoms with van der Waals surface area (Å²) in [6, 6.07) is 11.9. The molecule has 0 saturated carbocycles. The third-order valence-corrected chi connectivity index (χ3v) is 3.95. The number of morpholine rings is 1. The fraction of sp³-hybridized carbons (Fsp3) is 0.368. The van der Waals surface area contributed by atoms with Crippen molar-refractivity contribution in [2.45, 2.75) is 19.9 Å². The highest BCUT2D eigenvalue weighted by Crippen LogP contribution is 2.29. The predicted octanol–water partition coefficient (Wildman–Crippen LogP) is 2.80. The maximum atomic E-state index is 12.0. The number of pyridine rings is 1. The Labute approximate surface area is 148 Å². The van der Waals surface area contributed by atoms with Crippen LogP contribution in [0.5, 0.6) is 0 Å². The van der Waals surface area contributed by atoms with Gasteiger partial charge in [0.15, 0.2) is 0 Å². The number of para-hydroxylation sites is 2. The van der Waals surface area contributed by atoms with Crippen LogP contribution in [0.3, 0.4) is 0 Å². The lowest BCUT2D eigenvalue weighted by atomic mass is 10.2. The molecule has 0 spiro atoms. The van der Waals surface area contributed by atoms with Crippen molar-refractivity contribution < 1.29 is 9.53 Å². The lowest BCUT2D eigenvalue weighted by Gasteiger charge is -2.30. The molecule has 1 aliphatic heterocycles. The molecule has 1 amide bonds. The molecule has 6 heteroatoms. The van der Waals surface area contributed by atoms with Gasteiger partial charge in [-0.1, -0.05) is 12.1 Å². The van der Waals surface area contributed by atoms with Crippen molar-refractivity contribution in [3.63, 3.8) is 0 Å². The van der Waals surface area contributed by atoms with Crippen LogP contribution >= 0.6 is 0 Å². The van der Waals surface area contributed by atoms with Crippen molar-refractivity contribution >= 4 is 23.0 Å². The maximum absolute atomic E-state index is 12.0. The number of nitrogens with zero attached hydrogens (tertiary/aromatic N) is 2. The molecule has 2 aromatic rings. The van der Waals surface area contributed by atoms with Gasteiger partial charge in [0.2, 0.25) is 0 Å². The molecule has 0 bridgehead atoms. The van der Waals surface area contributed by atoms with Crippen molar-refractivity contribution in [1.29, 1.82) is 0 Å². The largest absolute Gasteiger partial charge is 0.378 e. The van der Waals surface area contributed by atoms with E-state index >= 15 is 0 Å². The van der Waals surface area contributed by atoms with Crippen LogP contribution in [-0.2, 0) is 4.74 Å². The van der Waals surface area contributed by atoms with E-state index in [1.165, 1.54) is 0 Å². The maximum Gasteiger partial charge on any atom is 0.270 e. The molecule has 1 saturated heterocycles. The lowest BCUT2D eigenvalue weighted by Crippen LogP contribution is -2.36. The number of ether oxygens (including phenoxy) is 1.